The van der Waals surface area contributed by atoms with E-state index in [0.717, 1.165) is 5.56 Å². The van der Waals surface area contributed by atoms with Gasteiger partial charge < -0.3 is 25.2 Å². The smallest absolute Gasteiger partial charge is 0.410 e. The third-order valence-electron chi connectivity index (χ3n) is 6.89. The molecule has 0 aliphatic carbocycles. The van der Waals surface area contributed by atoms with Crippen molar-refractivity contribution in [3.63, 3.8) is 0 Å². The molecule has 3 N–H and O–H groups in total. The van der Waals surface area contributed by atoms with Crippen LogP contribution in [0.15, 0.2) is 30.3 Å². The van der Waals surface area contributed by atoms with E-state index in [4.69, 9.17) is 4.74 Å². The minimum Gasteiger partial charge on any atom is -0.480 e. The molecule has 2 heterocycles. The summed E-state index contributed by atoms with van der Waals surface area (Å²) >= 11 is 0. The zero-order valence-corrected chi connectivity index (χ0v) is 21.4. The number of nitrogens with zero attached hydrogens (tertiary/aromatic N) is 2. The summed E-state index contributed by atoms with van der Waals surface area (Å²) in [5.74, 6) is -1.99. The van der Waals surface area contributed by atoms with Gasteiger partial charge in [-0.2, -0.15) is 0 Å². The molecule has 2 fully saturated rings. The lowest BCUT2D eigenvalue weighted by molar-refractivity contribution is -0.146. The van der Waals surface area contributed by atoms with Crippen LogP contribution in [0.3, 0.4) is 0 Å². The molecule has 198 valence electrons. The molecule has 0 aromatic heterocycles. The highest BCUT2D eigenvalue weighted by Crippen LogP contribution is 2.37. The topological polar surface area (TPSA) is 136 Å². The van der Waals surface area contributed by atoms with E-state index in [9.17, 15) is 29.4 Å². The number of aliphatic hydroxyl groups excluding tert-OH is 1. The first-order valence-corrected chi connectivity index (χ1v) is 12.4. The largest absolute Gasteiger partial charge is 0.480 e. The molecule has 0 bridgehead atoms. The van der Waals surface area contributed by atoms with Crippen molar-refractivity contribution in [1.29, 1.82) is 0 Å². The number of aliphatic carboxylic acids is 1. The molecule has 3 atom stereocenters. The molecule has 2 aliphatic heterocycles. The Morgan fingerprint density at radius 3 is 2.22 bits per heavy atom. The maximum Gasteiger partial charge on any atom is 0.410 e. The molecular formula is C26H37N3O7. The predicted molar refractivity (Wildman–Crippen MR) is 131 cm³/mol. The Morgan fingerprint density at radius 1 is 1.08 bits per heavy atom. The number of ether oxygens (including phenoxy) is 1. The molecule has 10 heteroatoms. The zero-order chi connectivity index (χ0) is 26.7. The SMILES string of the molecule is CC(O)C(NC(=O)C1(c2ccccc2)CCN(C(=O)C2CCCN2C(=O)OC(C)(C)C)CC1)C(=O)O. The maximum atomic E-state index is 13.5. The molecular weight excluding hydrogens is 466 g/mol. The van der Waals surface area contributed by atoms with Gasteiger partial charge in [-0.1, -0.05) is 30.3 Å². The highest BCUT2D eigenvalue weighted by Gasteiger charge is 2.47. The van der Waals surface area contributed by atoms with E-state index in [1.54, 1.807) is 25.7 Å². The van der Waals surface area contributed by atoms with Crippen molar-refractivity contribution in [2.45, 2.75) is 82.6 Å². The molecule has 2 aliphatic rings. The average molecular weight is 504 g/mol. The summed E-state index contributed by atoms with van der Waals surface area (Å²) in [5, 5.41) is 21.8. The number of carboxylic acid groups (broad SMARTS) is 1. The van der Waals surface area contributed by atoms with Crippen LogP contribution in [0.5, 0.6) is 0 Å². The summed E-state index contributed by atoms with van der Waals surface area (Å²) < 4.78 is 5.48. The van der Waals surface area contributed by atoms with E-state index in [1.165, 1.54) is 11.8 Å². The second-order valence-corrected chi connectivity index (χ2v) is 10.6. The van der Waals surface area contributed by atoms with Gasteiger partial charge in [0, 0.05) is 19.6 Å². The fraction of sp³-hybridized carbons (Fsp3) is 0.615. The molecule has 2 saturated heterocycles. The van der Waals surface area contributed by atoms with Crippen LogP contribution in [0.4, 0.5) is 4.79 Å². The van der Waals surface area contributed by atoms with E-state index in [0.29, 0.717) is 19.4 Å². The molecule has 10 nitrogen and oxygen atoms in total. The van der Waals surface area contributed by atoms with Crippen LogP contribution in [0, 0.1) is 0 Å². The number of benzene rings is 1. The Morgan fingerprint density at radius 2 is 1.69 bits per heavy atom. The minimum atomic E-state index is -1.45. The van der Waals surface area contributed by atoms with Crippen LogP contribution in [-0.2, 0) is 24.5 Å². The highest BCUT2D eigenvalue weighted by atomic mass is 16.6. The second kappa shape index (κ2) is 10.9. The molecule has 0 saturated carbocycles. The maximum absolute atomic E-state index is 13.5. The molecule has 3 rings (SSSR count). The third-order valence-corrected chi connectivity index (χ3v) is 6.89. The Hall–Kier alpha value is -3.14. The van der Waals surface area contributed by atoms with Crippen molar-refractivity contribution in [3.05, 3.63) is 35.9 Å². The molecule has 0 spiro atoms. The lowest BCUT2D eigenvalue weighted by atomic mass is 9.71. The summed E-state index contributed by atoms with van der Waals surface area (Å²) in [7, 11) is 0. The molecule has 36 heavy (non-hydrogen) atoms. The summed E-state index contributed by atoms with van der Waals surface area (Å²) in [5.41, 5.74) is -0.997. The van der Waals surface area contributed by atoms with E-state index >= 15 is 0 Å². The first-order valence-electron chi connectivity index (χ1n) is 12.4. The van der Waals surface area contributed by atoms with E-state index in [2.05, 4.69) is 5.32 Å². The number of piperidine rings is 1. The molecule has 3 amide bonds. The van der Waals surface area contributed by atoms with Crippen LogP contribution >= 0.6 is 0 Å². The molecule has 0 radical (unpaired) electrons. The number of hydrogen-bond donors (Lipinski definition) is 3. The first kappa shape index (κ1) is 27.4. The summed E-state index contributed by atoms with van der Waals surface area (Å²) in [6.45, 7) is 7.65. The number of likely N-dealkylation sites (tertiary alicyclic amines) is 2. The van der Waals surface area contributed by atoms with Crippen LogP contribution in [0.25, 0.3) is 0 Å². The first-order chi connectivity index (χ1) is 16.9. The van der Waals surface area contributed by atoms with E-state index in [-0.39, 0.29) is 31.8 Å². The Labute approximate surface area is 211 Å². The van der Waals surface area contributed by atoms with Gasteiger partial charge in [-0.05, 0) is 58.9 Å². The van der Waals surface area contributed by atoms with Gasteiger partial charge in [0.2, 0.25) is 11.8 Å². The average Bonchev–Trinajstić information content (AvgIpc) is 3.31. The van der Waals surface area contributed by atoms with Gasteiger partial charge in [0.05, 0.1) is 11.5 Å². The predicted octanol–water partition coefficient (Wildman–Crippen LogP) is 1.90. The van der Waals surface area contributed by atoms with E-state index < -0.39 is 47.2 Å². The van der Waals surface area contributed by atoms with Crippen LogP contribution in [0.1, 0.15) is 58.9 Å². The standard InChI is InChI=1S/C26H37N3O7/c1-17(30)20(22(32)33)27-23(34)26(18-9-6-5-7-10-18)12-15-28(16-13-26)21(31)19-11-8-14-29(19)24(35)36-25(2,3)4/h5-7,9-10,17,19-20,30H,8,11-16H2,1-4H3,(H,27,34)(H,32,33). The fourth-order valence-electron chi connectivity index (χ4n) is 4.95. The monoisotopic (exact) mass is 503 g/mol. The molecule has 3 unspecified atom stereocenters. The van der Waals surface area contributed by atoms with E-state index in [1.807, 2.05) is 30.3 Å². The number of aliphatic hydroxyl groups is 1. The summed E-state index contributed by atoms with van der Waals surface area (Å²) in [6, 6.07) is 7.02. The van der Waals surface area contributed by atoms with Gasteiger partial charge in [0.1, 0.15) is 11.6 Å². The normalized spacial score (nSPS) is 21.4. The Kier molecular flexibility index (Phi) is 8.28. The molecule has 1 aromatic carbocycles. The Balaban J connectivity index is 1.77. The van der Waals surface area contributed by atoms with Crippen molar-refractivity contribution >= 4 is 23.9 Å². The van der Waals surface area contributed by atoms with Crippen molar-refractivity contribution in [2.24, 2.45) is 0 Å². The van der Waals surface area contributed by atoms with Gasteiger partial charge in [0.15, 0.2) is 6.04 Å². The zero-order valence-electron chi connectivity index (χ0n) is 21.4. The number of hydrogen-bond acceptors (Lipinski definition) is 6. The molecule has 1 aromatic rings. The van der Waals surface area contributed by atoms with Crippen molar-refractivity contribution < 1.29 is 34.1 Å². The number of carboxylic acids is 1. The van der Waals surface area contributed by atoms with Crippen molar-refractivity contribution in [3.8, 4) is 0 Å². The fourth-order valence-corrected chi connectivity index (χ4v) is 4.95. The summed E-state index contributed by atoms with van der Waals surface area (Å²) in [4.78, 5) is 54.3. The quantitative estimate of drug-likeness (QED) is 0.539. The number of rotatable bonds is 6. The van der Waals surface area contributed by atoms with Crippen LogP contribution < -0.4 is 5.32 Å². The lowest BCUT2D eigenvalue weighted by Gasteiger charge is -2.42. The van der Waals surface area contributed by atoms with Crippen LogP contribution in [0.2, 0.25) is 0 Å². The van der Waals surface area contributed by atoms with Crippen molar-refractivity contribution in [2.75, 3.05) is 19.6 Å². The minimum absolute atomic E-state index is 0.173. The Bertz CT molecular complexity index is 965. The van der Waals surface area contributed by atoms with Gasteiger partial charge >= 0.3 is 12.1 Å². The number of carbonyl (C=O) groups is 4. The van der Waals surface area contributed by atoms with Gasteiger partial charge in [-0.25, -0.2) is 9.59 Å². The summed E-state index contributed by atoms with van der Waals surface area (Å²) in [6.07, 6.45) is 0.0247. The van der Waals surface area contributed by atoms with Crippen LogP contribution in [-0.4, -0.2) is 87.3 Å². The van der Waals surface area contributed by atoms with Gasteiger partial charge in [-0.3, -0.25) is 14.5 Å². The van der Waals surface area contributed by atoms with Crippen molar-refractivity contribution in [1.82, 2.24) is 15.1 Å². The van der Waals surface area contributed by atoms with Gasteiger partial charge in [-0.15, -0.1) is 0 Å². The number of amides is 3. The number of carbonyl (C=O) groups excluding carboxylic acids is 3. The lowest BCUT2D eigenvalue weighted by Crippen LogP contribution is -2.59. The second-order valence-electron chi connectivity index (χ2n) is 10.6. The number of nitrogens with one attached hydrogen (secondary N) is 1. The van der Waals surface area contributed by atoms with Gasteiger partial charge in [0.25, 0.3) is 0 Å². The third kappa shape index (κ3) is 5.98. The highest BCUT2D eigenvalue weighted by molar-refractivity contribution is 5.92.